The van der Waals surface area contributed by atoms with E-state index in [4.69, 9.17) is 21.5 Å². The fourth-order valence-corrected chi connectivity index (χ4v) is 7.44. The summed E-state index contributed by atoms with van der Waals surface area (Å²) in [6, 6.07) is 14.1. The molecule has 0 aliphatic carbocycles. The topological polar surface area (TPSA) is 268 Å². The lowest BCUT2D eigenvalue weighted by Crippen LogP contribution is -2.56. The number of aryl methyl sites for hydroxylation is 2. The number of nitrogens with one attached hydrogen (secondary N) is 4. The maximum Gasteiger partial charge on any atom is 0.255 e. The number of carbonyl (C=O) groups is 5. The number of rotatable bonds is 12. The number of aromatic hydroxyl groups is 1. The van der Waals surface area contributed by atoms with Crippen molar-refractivity contribution in [2.24, 2.45) is 11.5 Å². The smallest absolute Gasteiger partial charge is 0.255 e. The highest BCUT2D eigenvalue weighted by Gasteiger charge is 2.36. The van der Waals surface area contributed by atoms with Crippen LogP contribution in [0.3, 0.4) is 0 Å². The van der Waals surface area contributed by atoms with Gasteiger partial charge in [0.2, 0.25) is 23.6 Å². The summed E-state index contributed by atoms with van der Waals surface area (Å²) in [6.07, 6.45) is -0.520. The van der Waals surface area contributed by atoms with Crippen LogP contribution >= 0.6 is 0 Å². The molecule has 5 amide bonds. The van der Waals surface area contributed by atoms with Crippen LogP contribution in [0.4, 0.5) is 0 Å². The summed E-state index contributed by atoms with van der Waals surface area (Å²) in [5.74, 6) is -2.87. The van der Waals surface area contributed by atoms with Gasteiger partial charge in [0.15, 0.2) is 5.82 Å². The molecule has 5 atom stereocenters. The van der Waals surface area contributed by atoms with Gasteiger partial charge >= 0.3 is 0 Å². The van der Waals surface area contributed by atoms with Crippen LogP contribution < -0.4 is 37.5 Å². The summed E-state index contributed by atoms with van der Waals surface area (Å²) in [4.78, 5) is 80.5. The second-order valence-corrected chi connectivity index (χ2v) is 17.0. The number of carbonyl (C=O) groups excluding carboxylic acids is 5. The van der Waals surface area contributed by atoms with E-state index in [0.29, 0.717) is 34.1 Å². The molecule has 1 aromatic heterocycles. The molecule has 3 aromatic carbocycles. The molecule has 2 unspecified atom stereocenters. The number of hydrogen-bond acceptors (Lipinski definition) is 12. The fourth-order valence-electron chi connectivity index (χ4n) is 7.44. The van der Waals surface area contributed by atoms with E-state index >= 15 is 0 Å². The van der Waals surface area contributed by atoms with Gasteiger partial charge in [0.05, 0.1) is 23.0 Å². The molecular weight excluding hydrogens is 817 g/mol. The van der Waals surface area contributed by atoms with Crippen LogP contribution in [0.5, 0.6) is 11.5 Å². The highest BCUT2D eigenvalue weighted by molar-refractivity contribution is 6.00. The van der Waals surface area contributed by atoms with Crippen LogP contribution in [0.15, 0.2) is 60.7 Å². The van der Waals surface area contributed by atoms with Crippen molar-refractivity contribution >= 4 is 29.5 Å². The first kappa shape index (κ1) is 48.1. The van der Waals surface area contributed by atoms with Gasteiger partial charge in [-0.2, -0.15) is 5.26 Å². The minimum Gasteiger partial charge on any atom is -0.507 e. The third-order valence-electron chi connectivity index (χ3n) is 11.0. The predicted octanol–water partition coefficient (Wildman–Crippen LogP) is 2.99. The monoisotopic (exact) mass is 874 g/mol. The molecule has 0 saturated heterocycles. The van der Waals surface area contributed by atoms with Crippen LogP contribution in [-0.2, 0) is 31.0 Å². The van der Waals surface area contributed by atoms with Gasteiger partial charge in [-0.25, -0.2) is 9.97 Å². The second-order valence-electron chi connectivity index (χ2n) is 17.0. The molecule has 0 saturated carbocycles. The zero-order chi connectivity index (χ0) is 47.0. The van der Waals surface area contributed by atoms with Crippen molar-refractivity contribution < 1.29 is 33.8 Å². The van der Waals surface area contributed by atoms with Crippen molar-refractivity contribution in [2.75, 3.05) is 26.7 Å². The highest BCUT2D eigenvalue weighted by Crippen LogP contribution is 2.40. The molecule has 0 radical (unpaired) electrons. The Hall–Kier alpha value is -6.90. The minimum absolute atomic E-state index is 0.00913. The Morgan fingerprint density at radius 3 is 2.27 bits per heavy atom. The average Bonchev–Trinajstić information content (AvgIpc) is 3.25. The van der Waals surface area contributed by atoms with Gasteiger partial charge in [0, 0.05) is 36.7 Å². The molecule has 9 N–H and O–H groups in total. The van der Waals surface area contributed by atoms with E-state index in [9.17, 15) is 29.1 Å². The Bertz CT molecular complexity index is 2420. The highest BCUT2D eigenvalue weighted by atomic mass is 16.5. The molecule has 2 heterocycles. The molecule has 1 aliphatic heterocycles. The lowest BCUT2D eigenvalue weighted by Gasteiger charge is -2.32. The lowest BCUT2D eigenvalue weighted by atomic mass is 9.86. The molecule has 338 valence electrons. The van der Waals surface area contributed by atoms with Crippen molar-refractivity contribution in [1.29, 1.82) is 5.26 Å². The van der Waals surface area contributed by atoms with E-state index in [-0.39, 0.29) is 60.3 Å². The van der Waals surface area contributed by atoms with E-state index < -0.39 is 59.8 Å². The molecule has 17 heteroatoms. The first-order chi connectivity index (χ1) is 30.3. The van der Waals surface area contributed by atoms with E-state index in [0.717, 1.165) is 16.0 Å². The first-order valence-corrected chi connectivity index (χ1v) is 21.1. The number of aromatic nitrogens is 2. The van der Waals surface area contributed by atoms with E-state index in [2.05, 4.69) is 52.0 Å². The number of likely N-dealkylation sites (N-methyl/N-ethyl adjacent to an activating group) is 1. The van der Waals surface area contributed by atoms with Crippen LogP contribution in [-0.4, -0.2) is 100 Å². The summed E-state index contributed by atoms with van der Waals surface area (Å²) < 4.78 is 6.18. The Kier molecular flexibility index (Phi) is 15.4. The number of phenols is 1. The summed E-state index contributed by atoms with van der Waals surface area (Å²) >= 11 is 0. The molecule has 0 spiro atoms. The van der Waals surface area contributed by atoms with Crippen LogP contribution in [0.25, 0.3) is 22.5 Å². The van der Waals surface area contributed by atoms with Crippen LogP contribution in [0, 0.1) is 25.2 Å². The Balaban J connectivity index is 1.55. The van der Waals surface area contributed by atoms with Gasteiger partial charge in [0.1, 0.15) is 48.3 Å². The number of amides is 5. The maximum atomic E-state index is 14.6. The van der Waals surface area contributed by atoms with Gasteiger partial charge in [-0.15, -0.1) is 0 Å². The predicted molar refractivity (Wildman–Crippen MR) is 241 cm³/mol. The summed E-state index contributed by atoms with van der Waals surface area (Å²) in [7, 11) is 1.39. The van der Waals surface area contributed by atoms with Crippen molar-refractivity contribution in [2.45, 2.75) is 97.0 Å². The number of nitriles is 1. The van der Waals surface area contributed by atoms with Crippen molar-refractivity contribution in [3.05, 3.63) is 94.3 Å². The zero-order valence-corrected chi connectivity index (χ0v) is 37.5. The number of fused-ring (bicyclic) bond motifs is 5. The van der Waals surface area contributed by atoms with Gasteiger partial charge in [-0.3, -0.25) is 24.0 Å². The summed E-state index contributed by atoms with van der Waals surface area (Å²) in [5, 5.41) is 31.0. The van der Waals surface area contributed by atoms with Gasteiger partial charge < -0.3 is 47.5 Å². The third-order valence-corrected chi connectivity index (χ3v) is 11.0. The maximum absolute atomic E-state index is 14.6. The Morgan fingerprint density at radius 2 is 1.66 bits per heavy atom. The molecule has 1 aliphatic rings. The van der Waals surface area contributed by atoms with Crippen LogP contribution in [0.1, 0.15) is 85.5 Å². The largest absolute Gasteiger partial charge is 0.507 e. The SMILES string of the molecule is Cc1nc(-c2ccc(C(C)(C)C)cc2)nc(C)c1C(=O)NC(CCN)C(=O)N(C)[C@@H]1C(=O)N[C@@H](C)C(=O)N[C@H](C(=O)NCC#N)Cc2ccc(O)c(c2)-c2cc1ccc2OC(C)CN. The lowest BCUT2D eigenvalue weighted by molar-refractivity contribution is -0.141. The average molecular weight is 875 g/mol. The second kappa shape index (κ2) is 20.5. The summed E-state index contributed by atoms with van der Waals surface area (Å²) in [5.41, 5.74) is 16.1. The summed E-state index contributed by atoms with van der Waals surface area (Å²) in [6.45, 7) is 12.8. The number of hydrogen-bond donors (Lipinski definition) is 7. The zero-order valence-electron chi connectivity index (χ0n) is 37.5. The van der Waals surface area contributed by atoms with E-state index in [1.807, 2.05) is 30.3 Å². The molecule has 4 bridgehead atoms. The number of ether oxygens (including phenoxy) is 1. The number of nitrogens with two attached hydrogens (primary N) is 2. The van der Waals surface area contributed by atoms with E-state index in [1.54, 1.807) is 51.1 Å². The standard InChI is InChI=1S/C47H58N10O7/c1-25(24-50)64-38-16-12-31-23-34(38)33-21-29(9-15-37(33)58)22-36(43(60)51-20-19-49)56-42(59)28(4)54-45(62)40(31)57(8)46(63)35(17-18-48)55-44(61)39-26(2)52-41(53-27(39)3)30-10-13-32(14-11-30)47(5,6)7/h9-16,21,23,25,28,35-36,40,58H,17-18,20,22,24,48,50H2,1-8H3,(H,51,60)(H,54,62)(H,55,61)(H,56,59)/t25?,28-,35?,36-,40-/m0/s1. The van der Waals surface area contributed by atoms with Crippen molar-refractivity contribution in [1.82, 2.24) is 36.1 Å². The van der Waals surface area contributed by atoms with Crippen molar-refractivity contribution in [3.63, 3.8) is 0 Å². The fraction of sp³-hybridized carbons (Fsp3) is 0.404. The number of phenolic OH excluding ortho intramolecular Hbond substituents is 1. The normalized spacial score (nSPS) is 17.4. The Labute approximate surface area is 373 Å². The molecule has 5 rings (SSSR count). The quantitative estimate of drug-likeness (QED) is 0.101. The number of nitrogens with zero attached hydrogens (tertiary/aromatic N) is 4. The molecule has 17 nitrogen and oxygen atoms in total. The van der Waals surface area contributed by atoms with Gasteiger partial charge in [0.25, 0.3) is 5.91 Å². The molecular formula is C47H58N10O7. The molecule has 0 fully saturated rings. The van der Waals surface area contributed by atoms with E-state index in [1.165, 1.54) is 20.0 Å². The Morgan fingerprint density at radius 1 is 0.984 bits per heavy atom. The molecule has 4 aromatic rings. The van der Waals surface area contributed by atoms with Gasteiger partial charge in [-0.05, 0) is 87.0 Å². The third kappa shape index (κ3) is 11.2. The van der Waals surface area contributed by atoms with Crippen molar-refractivity contribution in [3.8, 4) is 40.1 Å². The van der Waals surface area contributed by atoms with Crippen LogP contribution in [0.2, 0.25) is 0 Å². The van der Waals surface area contributed by atoms with Gasteiger partial charge in [-0.1, -0.05) is 57.2 Å². The first-order valence-electron chi connectivity index (χ1n) is 21.1. The molecule has 64 heavy (non-hydrogen) atoms. The minimum atomic E-state index is -1.43. The number of benzene rings is 3.